The normalized spacial score (nSPS) is 13.1. The monoisotopic (exact) mass is 582 g/mol. The molecule has 12 heteroatoms. The highest BCUT2D eigenvalue weighted by atomic mass is 79.9. The number of esters is 1. The van der Waals surface area contributed by atoms with Gasteiger partial charge in [0.05, 0.1) is 22.5 Å². The third-order valence-electron chi connectivity index (χ3n) is 5.31. The van der Waals surface area contributed by atoms with Crippen molar-refractivity contribution in [1.29, 1.82) is 0 Å². The Hall–Kier alpha value is -3.12. The van der Waals surface area contributed by atoms with E-state index >= 15 is 0 Å². The molecule has 0 radical (unpaired) electrons. The van der Waals surface area contributed by atoms with E-state index in [-0.39, 0.29) is 23.8 Å². The Morgan fingerprint density at radius 3 is 2.53 bits per heavy atom. The number of likely N-dealkylation sites (tertiary alicyclic amines) is 1. The number of carboxylic acids is 1. The summed E-state index contributed by atoms with van der Waals surface area (Å²) >= 11 is 4.38. The second-order valence-electron chi connectivity index (χ2n) is 7.96. The lowest BCUT2D eigenvalue weighted by atomic mass is 10.1. The molecule has 0 saturated carbocycles. The fourth-order valence-corrected chi connectivity index (χ4v) is 5.49. The lowest BCUT2D eigenvalue weighted by Gasteiger charge is -2.28. The molecule has 1 aromatic carbocycles. The number of amides is 2. The van der Waals surface area contributed by atoms with Crippen LogP contribution in [0.25, 0.3) is 10.4 Å². The van der Waals surface area contributed by atoms with Gasteiger partial charge in [0.25, 0.3) is 5.91 Å². The van der Waals surface area contributed by atoms with Crippen molar-refractivity contribution < 1.29 is 38.6 Å². The number of hydrogen-bond acceptors (Lipinski definition) is 8. The Bertz CT molecular complexity index is 1130. The third-order valence-corrected chi connectivity index (χ3v) is 7.54. The van der Waals surface area contributed by atoms with Gasteiger partial charge >= 0.3 is 18.0 Å². The largest absolute Gasteiger partial charge is 0.479 e. The fourth-order valence-electron chi connectivity index (χ4n) is 3.60. The average molecular weight is 583 g/mol. The van der Waals surface area contributed by atoms with Crippen molar-refractivity contribution in [1.82, 2.24) is 9.96 Å². The zero-order valence-electron chi connectivity index (χ0n) is 20.0. The third kappa shape index (κ3) is 6.97. The van der Waals surface area contributed by atoms with Gasteiger partial charge in [-0.1, -0.05) is 18.2 Å². The molecule has 2 amide bonds. The lowest BCUT2D eigenvalue weighted by molar-refractivity contribution is -0.169. The Morgan fingerprint density at radius 2 is 1.89 bits per heavy atom. The Labute approximate surface area is 220 Å². The van der Waals surface area contributed by atoms with E-state index in [4.69, 9.17) is 14.3 Å². The van der Waals surface area contributed by atoms with Crippen molar-refractivity contribution in [2.75, 3.05) is 26.3 Å². The van der Waals surface area contributed by atoms with Crippen LogP contribution in [-0.4, -0.2) is 65.3 Å². The molecular weight excluding hydrogens is 556 g/mol. The highest BCUT2D eigenvalue weighted by Crippen LogP contribution is 2.45. The van der Waals surface area contributed by atoms with Gasteiger partial charge in [0.2, 0.25) is 0 Å². The maximum absolute atomic E-state index is 12.5. The summed E-state index contributed by atoms with van der Waals surface area (Å²) < 4.78 is 10.7. The molecule has 1 aliphatic heterocycles. The van der Waals surface area contributed by atoms with Crippen LogP contribution in [0.15, 0.2) is 28.7 Å². The Morgan fingerprint density at radius 1 is 1.17 bits per heavy atom. The second kappa shape index (κ2) is 12.7. The summed E-state index contributed by atoms with van der Waals surface area (Å²) in [5, 5.41) is 10.7. The standard InChI is InChI=1S/C24H27BrN2O8S/c1-3-33-18(29)14-34-20-19(25)21(36-22(20)23(30)31)17-9-7-8-16(12-17)13-27(15(2)28)35-24(32)26-10-5-4-6-11-26/h7-9,12H,3-6,10-11,13-14H2,1-2H3,(H,30,31). The van der Waals surface area contributed by atoms with Crippen molar-refractivity contribution in [3.8, 4) is 16.2 Å². The van der Waals surface area contributed by atoms with E-state index in [0.717, 1.165) is 35.7 Å². The quantitative estimate of drug-likeness (QED) is 0.351. The predicted octanol–water partition coefficient (Wildman–Crippen LogP) is 4.70. The van der Waals surface area contributed by atoms with Crippen LogP contribution < -0.4 is 4.74 Å². The number of nitrogens with zero attached hydrogens (tertiary/aromatic N) is 2. The van der Waals surface area contributed by atoms with Crippen molar-refractivity contribution in [2.45, 2.75) is 39.7 Å². The first-order chi connectivity index (χ1) is 17.2. The summed E-state index contributed by atoms with van der Waals surface area (Å²) in [5.74, 6) is -2.21. The molecule has 1 N–H and O–H groups in total. The molecule has 1 saturated heterocycles. The molecule has 2 aromatic rings. The summed E-state index contributed by atoms with van der Waals surface area (Å²) in [6.07, 6.45) is 2.30. The fraction of sp³-hybridized carbons (Fsp3) is 0.417. The zero-order chi connectivity index (χ0) is 26.2. The van der Waals surface area contributed by atoms with E-state index in [1.165, 1.54) is 6.92 Å². The van der Waals surface area contributed by atoms with Crippen molar-refractivity contribution in [2.24, 2.45) is 0 Å². The first-order valence-electron chi connectivity index (χ1n) is 11.4. The number of rotatable bonds is 8. The molecule has 0 bridgehead atoms. The van der Waals surface area contributed by atoms with Crippen molar-refractivity contribution in [3.63, 3.8) is 0 Å². The number of piperidine rings is 1. The van der Waals surface area contributed by atoms with Gasteiger partial charge in [-0.2, -0.15) is 5.06 Å². The van der Waals surface area contributed by atoms with Crippen LogP contribution in [0.5, 0.6) is 5.75 Å². The van der Waals surface area contributed by atoms with Gasteiger partial charge < -0.3 is 24.3 Å². The molecule has 0 unspecified atom stereocenters. The molecule has 0 atom stereocenters. The van der Waals surface area contributed by atoms with Gasteiger partial charge in [0.15, 0.2) is 17.2 Å². The second-order valence-corrected chi connectivity index (χ2v) is 9.78. The molecule has 1 aromatic heterocycles. The van der Waals surface area contributed by atoms with Crippen LogP contribution in [0.3, 0.4) is 0 Å². The molecule has 1 aliphatic rings. The van der Waals surface area contributed by atoms with Crippen LogP contribution in [0.1, 0.15) is 48.3 Å². The first-order valence-corrected chi connectivity index (χ1v) is 13.0. The summed E-state index contributed by atoms with van der Waals surface area (Å²) in [6, 6.07) is 7.06. The molecule has 2 heterocycles. The molecule has 3 rings (SSSR count). The van der Waals surface area contributed by atoms with E-state index in [0.29, 0.717) is 33.6 Å². The van der Waals surface area contributed by atoms with Crippen LogP contribution >= 0.6 is 27.3 Å². The van der Waals surface area contributed by atoms with Gasteiger partial charge in [-0.25, -0.2) is 14.4 Å². The van der Waals surface area contributed by atoms with Gasteiger partial charge in [-0.3, -0.25) is 4.79 Å². The highest BCUT2D eigenvalue weighted by Gasteiger charge is 2.26. The molecule has 0 spiro atoms. The van der Waals surface area contributed by atoms with Crippen molar-refractivity contribution in [3.05, 3.63) is 39.2 Å². The van der Waals surface area contributed by atoms with Gasteiger partial charge in [0, 0.05) is 20.0 Å². The first kappa shape index (κ1) is 27.5. The predicted molar refractivity (Wildman–Crippen MR) is 135 cm³/mol. The SMILES string of the molecule is CCOC(=O)COc1c(C(=O)O)sc(-c2cccc(CN(OC(=O)N3CCCCC3)C(C)=O)c2)c1Br. The van der Waals surface area contributed by atoms with Crippen LogP contribution in [0.4, 0.5) is 4.79 Å². The average Bonchev–Trinajstić information content (AvgIpc) is 3.19. The topological polar surface area (TPSA) is 123 Å². The molecule has 0 aliphatic carbocycles. The smallest absolute Gasteiger partial charge is 0.434 e. The molecular formula is C24H27BrN2O8S. The Kier molecular flexibility index (Phi) is 9.71. The van der Waals surface area contributed by atoms with E-state index in [9.17, 15) is 24.3 Å². The maximum Gasteiger partial charge on any atom is 0.434 e. The van der Waals surface area contributed by atoms with Crippen LogP contribution in [0, 0.1) is 0 Å². The number of hydrogen-bond donors (Lipinski definition) is 1. The highest BCUT2D eigenvalue weighted by molar-refractivity contribution is 9.10. The molecule has 194 valence electrons. The molecule has 36 heavy (non-hydrogen) atoms. The van der Waals surface area contributed by atoms with Gasteiger partial charge in [-0.15, -0.1) is 11.3 Å². The zero-order valence-corrected chi connectivity index (χ0v) is 22.4. The van der Waals surface area contributed by atoms with E-state index in [1.54, 1.807) is 36.1 Å². The van der Waals surface area contributed by atoms with Gasteiger partial charge in [0.1, 0.15) is 0 Å². The minimum atomic E-state index is -1.20. The number of carbonyl (C=O) groups is 4. The summed E-state index contributed by atoms with van der Waals surface area (Å²) in [6.45, 7) is 3.94. The number of ether oxygens (including phenoxy) is 2. The van der Waals surface area contributed by atoms with Crippen LogP contribution in [-0.2, 0) is 25.7 Å². The Balaban J connectivity index is 1.81. The number of aromatic carboxylic acids is 1. The number of halogens is 1. The van der Waals surface area contributed by atoms with Crippen LogP contribution in [0.2, 0.25) is 0 Å². The number of hydroxylamine groups is 2. The summed E-state index contributed by atoms with van der Waals surface area (Å²) in [7, 11) is 0. The number of benzene rings is 1. The van der Waals surface area contributed by atoms with Crippen molar-refractivity contribution >= 4 is 51.2 Å². The van der Waals surface area contributed by atoms with E-state index < -0.39 is 30.5 Å². The van der Waals surface area contributed by atoms with E-state index in [1.807, 2.05) is 0 Å². The number of thiophene rings is 1. The minimum absolute atomic E-state index is 0.0176. The summed E-state index contributed by atoms with van der Waals surface area (Å²) in [5.41, 5.74) is 1.32. The molecule has 1 fully saturated rings. The lowest BCUT2D eigenvalue weighted by Crippen LogP contribution is -2.41. The summed E-state index contributed by atoms with van der Waals surface area (Å²) in [4.78, 5) is 55.6. The molecule has 10 nitrogen and oxygen atoms in total. The van der Waals surface area contributed by atoms with Gasteiger partial charge in [-0.05, 0) is 59.3 Å². The number of carboxylic acid groups (broad SMARTS) is 1. The van der Waals surface area contributed by atoms with E-state index in [2.05, 4.69) is 15.9 Å². The minimum Gasteiger partial charge on any atom is -0.479 e. The number of carbonyl (C=O) groups excluding carboxylic acids is 3. The maximum atomic E-state index is 12.5.